The second-order valence-corrected chi connectivity index (χ2v) is 6.71. The molecule has 0 saturated heterocycles. The molecule has 0 unspecified atom stereocenters. The Morgan fingerprint density at radius 3 is 2.45 bits per heavy atom. The fraction of sp³-hybridized carbons (Fsp3) is 0.0500. The van der Waals surface area contributed by atoms with Crippen LogP contribution in [-0.4, -0.2) is 22.9 Å². The van der Waals surface area contributed by atoms with Gasteiger partial charge in [-0.05, 0) is 24.3 Å². The van der Waals surface area contributed by atoms with Gasteiger partial charge in [-0.25, -0.2) is 0 Å². The van der Waals surface area contributed by atoms with Crippen LogP contribution in [0.4, 0.5) is 13.2 Å². The predicted molar refractivity (Wildman–Crippen MR) is 96.8 cm³/mol. The van der Waals surface area contributed by atoms with Crippen molar-refractivity contribution < 1.29 is 32.4 Å². The molecule has 2 aromatic carbocycles. The number of fused-ring (bicyclic) bond motifs is 7. The van der Waals surface area contributed by atoms with Crippen LogP contribution < -0.4 is 9.67 Å². The van der Waals surface area contributed by atoms with Crippen LogP contribution in [0.5, 0.6) is 0 Å². The standard InChI is InChI=1S/C18H9ClN2O.C2HF3O2/c19-10-5-6-14-13(9-10)11-7-8-21-15-4-2-1-3-12(15)18(22)17(21)16(11)20-14;3-2(4,5)1(6)7/h1-9H;(H,6,7). The number of hydrogen-bond acceptors (Lipinski definition) is 3. The number of nitrogens with one attached hydrogen (secondary N) is 1. The van der Waals surface area contributed by atoms with Gasteiger partial charge in [0.15, 0.2) is 6.20 Å². The molecule has 1 N–H and O–H groups in total. The van der Waals surface area contributed by atoms with Crippen LogP contribution >= 0.6 is 11.6 Å². The maximum atomic E-state index is 12.8. The zero-order chi connectivity index (χ0) is 20.9. The van der Waals surface area contributed by atoms with Crippen molar-refractivity contribution in [2.24, 2.45) is 0 Å². The van der Waals surface area contributed by atoms with Crippen LogP contribution in [0.3, 0.4) is 0 Å². The van der Waals surface area contributed by atoms with E-state index in [-0.39, 0.29) is 5.78 Å². The number of benzene rings is 2. The molecular weight excluding hydrogens is 409 g/mol. The van der Waals surface area contributed by atoms with Gasteiger partial charge < -0.3 is 14.9 Å². The summed E-state index contributed by atoms with van der Waals surface area (Å²) in [6.07, 6.45) is -3.24. The summed E-state index contributed by atoms with van der Waals surface area (Å²) in [6, 6.07) is 15.4. The molecule has 0 atom stereocenters. The van der Waals surface area contributed by atoms with Gasteiger partial charge in [0.05, 0.1) is 0 Å². The van der Waals surface area contributed by atoms with E-state index < -0.39 is 12.1 Å². The number of ketones is 1. The minimum atomic E-state index is -5.19. The van der Waals surface area contributed by atoms with Crippen molar-refractivity contribution in [3.8, 4) is 5.69 Å². The Bertz CT molecular complexity index is 1310. The van der Waals surface area contributed by atoms with Gasteiger partial charge in [0.2, 0.25) is 5.69 Å². The smallest absolute Gasteiger partial charge is 0.430 e. The number of hydrogen-bond donors (Lipinski definition) is 1. The molecule has 4 aromatic rings. The van der Waals surface area contributed by atoms with Crippen LogP contribution in [0.25, 0.3) is 27.5 Å². The van der Waals surface area contributed by atoms with Gasteiger partial charge in [0.25, 0.3) is 11.5 Å². The number of carbonyl (C=O) groups is 2. The number of aromatic amines is 1. The van der Waals surface area contributed by atoms with Crippen LogP contribution in [-0.2, 0) is 4.79 Å². The third-order valence-corrected chi connectivity index (χ3v) is 4.76. The number of halogens is 4. The highest BCUT2D eigenvalue weighted by Gasteiger charge is 2.37. The van der Waals surface area contributed by atoms with Crippen molar-refractivity contribution in [1.82, 2.24) is 4.98 Å². The van der Waals surface area contributed by atoms with Crippen LogP contribution in [0.15, 0.2) is 54.7 Å². The van der Waals surface area contributed by atoms with Crippen LogP contribution in [0.2, 0.25) is 5.02 Å². The molecule has 9 heteroatoms. The first-order valence-electron chi connectivity index (χ1n) is 8.26. The molecule has 146 valence electrons. The number of carboxylic acid groups (broad SMARTS) is 1. The highest BCUT2D eigenvalue weighted by atomic mass is 35.5. The van der Waals surface area contributed by atoms with Crippen molar-refractivity contribution in [1.29, 1.82) is 0 Å². The van der Waals surface area contributed by atoms with E-state index in [0.717, 1.165) is 33.1 Å². The Kier molecular flexibility index (Phi) is 4.31. The lowest BCUT2D eigenvalue weighted by molar-refractivity contribution is -0.592. The highest BCUT2D eigenvalue weighted by Crippen LogP contribution is 2.32. The first kappa shape index (κ1) is 18.9. The van der Waals surface area contributed by atoms with Crippen LogP contribution in [0, 0.1) is 0 Å². The summed E-state index contributed by atoms with van der Waals surface area (Å²) < 4.78 is 33.5. The van der Waals surface area contributed by atoms with E-state index in [1.54, 1.807) is 0 Å². The average Bonchev–Trinajstić information content (AvgIpc) is 3.17. The van der Waals surface area contributed by atoms with Crippen molar-refractivity contribution in [2.45, 2.75) is 6.18 Å². The summed E-state index contributed by atoms with van der Waals surface area (Å²) in [4.78, 5) is 24.9. The quantitative estimate of drug-likeness (QED) is 0.393. The first-order valence-corrected chi connectivity index (χ1v) is 8.64. The molecule has 5 nitrogen and oxygen atoms in total. The molecule has 5 rings (SSSR count). The summed E-state index contributed by atoms with van der Waals surface area (Å²) in [7, 11) is 0. The normalized spacial score (nSPS) is 12.5. The summed E-state index contributed by atoms with van der Waals surface area (Å²) >= 11 is 6.11. The number of carbonyl (C=O) groups excluding carboxylic acids is 2. The predicted octanol–water partition coefficient (Wildman–Crippen LogP) is 3.09. The van der Waals surface area contributed by atoms with Gasteiger partial charge in [-0.1, -0.05) is 23.7 Å². The van der Waals surface area contributed by atoms with Crippen molar-refractivity contribution in [3.63, 3.8) is 0 Å². The Morgan fingerprint density at radius 1 is 1.07 bits per heavy atom. The largest absolute Gasteiger partial charge is 0.542 e. The molecule has 0 bridgehead atoms. The van der Waals surface area contributed by atoms with E-state index in [2.05, 4.69) is 4.98 Å². The molecule has 29 heavy (non-hydrogen) atoms. The van der Waals surface area contributed by atoms with E-state index in [9.17, 15) is 18.0 Å². The Morgan fingerprint density at radius 2 is 1.76 bits per heavy atom. The van der Waals surface area contributed by atoms with Gasteiger partial charge >= 0.3 is 6.18 Å². The van der Waals surface area contributed by atoms with E-state index in [1.165, 1.54) is 0 Å². The molecule has 0 amide bonds. The maximum absolute atomic E-state index is 12.8. The molecular formula is C20H10ClF3N2O3. The monoisotopic (exact) mass is 418 g/mol. The van der Waals surface area contributed by atoms with Crippen LogP contribution in [0.1, 0.15) is 16.1 Å². The molecule has 1 aliphatic rings. The summed E-state index contributed by atoms with van der Waals surface area (Å²) in [5.41, 5.74) is 4.21. The number of pyridine rings is 1. The lowest BCUT2D eigenvalue weighted by Gasteiger charge is -2.03. The average molecular weight is 419 g/mol. The molecule has 3 heterocycles. The van der Waals surface area contributed by atoms with E-state index in [0.29, 0.717) is 10.7 Å². The number of aromatic nitrogens is 2. The fourth-order valence-electron chi connectivity index (χ4n) is 3.32. The zero-order valence-electron chi connectivity index (χ0n) is 14.4. The highest BCUT2D eigenvalue weighted by molar-refractivity contribution is 6.32. The minimum Gasteiger partial charge on any atom is -0.542 e. The fourth-order valence-corrected chi connectivity index (χ4v) is 3.49. The molecule has 1 aliphatic heterocycles. The zero-order valence-corrected chi connectivity index (χ0v) is 15.1. The number of alkyl halides is 3. The molecule has 0 radical (unpaired) electrons. The summed E-state index contributed by atoms with van der Waals surface area (Å²) in [5.74, 6) is -2.95. The second-order valence-electron chi connectivity index (χ2n) is 6.27. The molecule has 0 spiro atoms. The minimum absolute atomic E-state index is 0.0545. The van der Waals surface area contributed by atoms with Gasteiger partial charge in [-0.15, -0.1) is 0 Å². The molecule has 0 fully saturated rings. The Hall–Kier alpha value is -3.39. The van der Waals surface area contributed by atoms with Crippen molar-refractivity contribution in [3.05, 3.63) is 71.0 Å². The number of H-pyrrole nitrogens is 1. The maximum Gasteiger partial charge on any atom is 0.430 e. The lowest BCUT2D eigenvalue weighted by atomic mass is 10.1. The number of rotatable bonds is 0. The Labute approximate surface area is 166 Å². The molecule has 2 aromatic heterocycles. The number of aliphatic carboxylic acids is 1. The van der Waals surface area contributed by atoms with Gasteiger partial charge in [0, 0.05) is 33.4 Å². The number of carboxylic acids is 1. The van der Waals surface area contributed by atoms with Crippen molar-refractivity contribution >= 4 is 45.2 Å². The van der Waals surface area contributed by atoms with E-state index >= 15 is 0 Å². The number of para-hydroxylation sites is 1. The van der Waals surface area contributed by atoms with Gasteiger partial charge in [-0.2, -0.15) is 17.7 Å². The second kappa shape index (κ2) is 6.59. The van der Waals surface area contributed by atoms with Gasteiger partial charge in [-0.3, -0.25) is 4.79 Å². The third-order valence-electron chi connectivity index (χ3n) is 4.52. The molecule has 0 saturated carbocycles. The Balaban J connectivity index is 0.000000255. The van der Waals surface area contributed by atoms with Crippen molar-refractivity contribution in [2.75, 3.05) is 0 Å². The SMILES string of the molecule is O=C([O-])C(F)(F)F.O=C1c2ccccc2-[n+]2ccc3c([nH]c4ccc(Cl)cc43)c21. The topological polar surface area (TPSA) is 76.9 Å². The van der Waals surface area contributed by atoms with Gasteiger partial charge in [0.1, 0.15) is 17.0 Å². The lowest BCUT2D eigenvalue weighted by Crippen LogP contribution is -2.37. The third kappa shape index (κ3) is 3.11. The van der Waals surface area contributed by atoms with E-state index in [1.807, 2.05) is 59.3 Å². The summed E-state index contributed by atoms with van der Waals surface area (Å²) in [6.45, 7) is 0. The summed E-state index contributed by atoms with van der Waals surface area (Å²) in [5, 5.41) is 11.5. The van der Waals surface area contributed by atoms with E-state index in [4.69, 9.17) is 21.5 Å². The molecule has 0 aliphatic carbocycles. The number of nitrogens with zero attached hydrogens (tertiary/aromatic N) is 1. The first-order chi connectivity index (χ1) is 13.7.